The third kappa shape index (κ3) is 4.30. The van der Waals surface area contributed by atoms with Gasteiger partial charge in [0.2, 0.25) is 0 Å². The second-order valence-electron chi connectivity index (χ2n) is 6.30. The number of ether oxygens (including phenoxy) is 1. The molecule has 0 saturated heterocycles. The smallest absolute Gasteiger partial charge is 0.0731 e. The number of rotatable bonds is 4. The summed E-state index contributed by atoms with van der Waals surface area (Å²) in [7, 11) is 0. The Kier molecular flexibility index (Phi) is 5.04. The Balaban J connectivity index is 1.86. The lowest BCUT2D eigenvalue weighted by Crippen LogP contribution is -2.26. The van der Waals surface area contributed by atoms with Crippen molar-refractivity contribution in [3.8, 4) is 0 Å². The van der Waals surface area contributed by atoms with Crippen LogP contribution in [0.5, 0.6) is 0 Å². The van der Waals surface area contributed by atoms with Gasteiger partial charge in [0.1, 0.15) is 0 Å². The highest BCUT2D eigenvalue weighted by molar-refractivity contribution is 9.10. The predicted octanol–water partition coefficient (Wildman–Crippen LogP) is 4.39. The molecule has 106 valence electrons. The Bertz CT molecular complexity index is 421. The first-order valence-electron chi connectivity index (χ1n) is 7.09. The van der Waals surface area contributed by atoms with Crippen LogP contribution in [0.4, 0.5) is 0 Å². The Morgan fingerprint density at radius 2 is 2.00 bits per heavy atom. The quantitative estimate of drug-likeness (QED) is 0.890. The molecule has 0 atom stereocenters. The third-order valence-corrected chi connectivity index (χ3v) is 4.85. The van der Waals surface area contributed by atoms with Crippen LogP contribution in [-0.2, 0) is 17.9 Å². The first-order chi connectivity index (χ1) is 9.00. The molecule has 0 aromatic heterocycles. The van der Waals surface area contributed by atoms with Gasteiger partial charge in [0.15, 0.2) is 0 Å². The maximum absolute atomic E-state index is 6.06. The number of halogens is 1. The van der Waals surface area contributed by atoms with Crippen LogP contribution in [0.1, 0.15) is 50.7 Å². The molecule has 0 radical (unpaired) electrons. The largest absolute Gasteiger partial charge is 0.374 e. The second kappa shape index (κ2) is 6.38. The fourth-order valence-corrected chi connectivity index (χ4v) is 3.12. The molecule has 1 saturated carbocycles. The van der Waals surface area contributed by atoms with Crippen molar-refractivity contribution in [2.45, 2.75) is 58.8 Å². The molecule has 0 unspecified atom stereocenters. The van der Waals surface area contributed by atoms with Gasteiger partial charge in [0, 0.05) is 11.0 Å². The van der Waals surface area contributed by atoms with E-state index in [1.807, 2.05) is 0 Å². The molecule has 2 nitrogen and oxygen atoms in total. The highest BCUT2D eigenvalue weighted by Crippen LogP contribution is 2.36. The SMILES string of the molecule is CC1(C)CCC(OCc2ccc(CN)cc2Br)CC1. The zero-order chi connectivity index (χ0) is 13.9. The Hall–Kier alpha value is -0.380. The van der Waals surface area contributed by atoms with Gasteiger partial charge in [-0.1, -0.05) is 41.9 Å². The molecule has 0 amide bonds. The average Bonchev–Trinajstić information content (AvgIpc) is 2.38. The van der Waals surface area contributed by atoms with Gasteiger partial charge >= 0.3 is 0 Å². The standard InChI is InChI=1S/C16H24BrNO/c1-16(2)7-5-14(6-8-16)19-11-13-4-3-12(10-18)9-15(13)17/h3-4,9,14H,5-8,10-11,18H2,1-2H3. The molecule has 0 bridgehead atoms. The topological polar surface area (TPSA) is 35.2 Å². The molecule has 2 rings (SSSR count). The van der Waals surface area contributed by atoms with Crippen LogP contribution in [0.2, 0.25) is 0 Å². The lowest BCUT2D eigenvalue weighted by molar-refractivity contribution is -0.00580. The Labute approximate surface area is 124 Å². The summed E-state index contributed by atoms with van der Waals surface area (Å²) in [5.41, 5.74) is 8.49. The van der Waals surface area contributed by atoms with Crippen LogP contribution in [-0.4, -0.2) is 6.10 Å². The van der Waals surface area contributed by atoms with E-state index in [1.54, 1.807) is 0 Å². The minimum atomic E-state index is 0.425. The molecule has 1 aromatic rings. The van der Waals surface area contributed by atoms with E-state index in [0.29, 0.717) is 24.7 Å². The zero-order valence-electron chi connectivity index (χ0n) is 11.9. The van der Waals surface area contributed by atoms with Crippen molar-refractivity contribution in [1.29, 1.82) is 0 Å². The maximum Gasteiger partial charge on any atom is 0.0731 e. The van der Waals surface area contributed by atoms with Gasteiger partial charge in [-0.2, -0.15) is 0 Å². The number of benzene rings is 1. The summed E-state index contributed by atoms with van der Waals surface area (Å²) in [6.45, 7) is 5.98. The summed E-state index contributed by atoms with van der Waals surface area (Å²) in [4.78, 5) is 0. The fourth-order valence-electron chi connectivity index (χ4n) is 2.58. The fraction of sp³-hybridized carbons (Fsp3) is 0.625. The van der Waals surface area contributed by atoms with Crippen molar-refractivity contribution in [3.63, 3.8) is 0 Å². The molecule has 2 N–H and O–H groups in total. The maximum atomic E-state index is 6.06. The van der Waals surface area contributed by atoms with E-state index in [-0.39, 0.29) is 0 Å². The van der Waals surface area contributed by atoms with Crippen LogP contribution in [0.15, 0.2) is 22.7 Å². The average molecular weight is 326 g/mol. The van der Waals surface area contributed by atoms with Crippen molar-refractivity contribution in [2.24, 2.45) is 11.1 Å². The van der Waals surface area contributed by atoms with E-state index < -0.39 is 0 Å². The van der Waals surface area contributed by atoms with Gasteiger partial charge in [-0.25, -0.2) is 0 Å². The van der Waals surface area contributed by atoms with Gasteiger partial charge in [-0.15, -0.1) is 0 Å². The predicted molar refractivity (Wildman–Crippen MR) is 82.9 cm³/mol. The summed E-state index contributed by atoms with van der Waals surface area (Å²) < 4.78 is 7.16. The van der Waals surface area contributed by atoms with E-state index in [2.05, 4.69) is 48.0 Å². The number of nitrogens with two attached hydrogens (primary N) is 1. The first kappa shape index (κ1) is 15.0. The summed E-state index contributed by atoms with van der Waals surface area (Å²) in [5, 5.41) is 0. The minimum absolute atomic E-state index is 0.425. The normalized spacial score (nSPS) is 19.6. The van der Waals surface area contributed by atoms with E-state index in [9.17, 15) is 0 Å². The third-order valence-electron chi connectivity index (χ3n) is 4.11. The van der Waals surface area contributed by atoms with Crippen molar-refractivity contribution >= 4 is 15.9 Å². The van der Waals surface area contributed by atoms with Crippen LogP contribution < -0.4 is 5.73 Å². The molecule has 1 fully saturated rings. The molecule has 1 aliphatic carbocycles. The minimum Gasteiger partial charge on any atom is -0.374 e. The van der Waals surface area contributed by atoms with Crippen molar-refractivity contribution in [3.05, 3.63) is 33.8 Å². The van der Waals surface area contributed by atoms with Crippen molar-refractivity contribution in [1.82, 2.24) is 0 Å². The van der Waals surface area contributed by atoms with Crippen molar-refractivity contribution in [2.75, 3.05) is 0 Å². The number of hydrogen-bond acceptors (Lipinski definition) is 2. The molecule has 19 heavy (non-hydrogen) atoms. The molecular formula is C16H24BrNO. The van der Waals surface area contributed by atoms with E-state index >= 15 is 0 Å². The molecular weight excluding hydrogens is 302 g/mol. The number of hydrogen-bond donors (Lipinski definition) is 1. The lowest BCUT2D eigenvalue weighted by atomic mass is 9.76. The molecule has 0 aliphatic heterocycles. The highest BCUT2D eigenvalue weighted by Gasteiger charge is 2.27. The molecule has 0 heterocycles. The highest BCUT2D eigenvalue weighted by atomic mass is 79.9. The first-order valence-corrected chi connectivity index (χ1v) is 7.88. The van der Waals surface area contributed by atoms with E-state index in [4.69, 9.17) is 10.5 Å². The van der Waals surface area contributed by atoms with E-state index in [0.717, 1.165) is 10.0 Å². The van der Waals surface area contributed by atoms with Crippen LogP contribution in [0.25, 0.3) is 0 Å². The second-order valence-corrected chi connectivity index (χ2v) is 7.16. The summed E-state index contributed by atoms with van der Waals surface area (Å²) in [5.74, 6) is 0. The van der Waals surface area contributed by atoms with Gasteiger partial charge in [-0.05, 0) is 48.3 Å². The zero-order valence-corrected chi connectivity index (χ0v) is 13.5. The molecule has 3 heteroatoms. The molecule has 0 spiro atoms. The lowest BCUT2D eigenvalue weighted by Gasteiger charge is -2.34. The summed E-state index contributed by atoms with van der Waals surface area (Å²) in [6, 6.07) is 6.27. The van der Waals surface area contributed by atoms with E-state index in [1.165, 1.54) is 31.2 Å². The molecule has 1 aromatic carbocycles. The summed E-state index contributed by atoms with van der Waals surface area (Å²) in [6.07, 6.45) is 5.33. The van der Waals surface area contributed by atoms with Crippen LogP contribution in [0, 0.1) is 5.41 Å². The van der Waals surface area contributed by atoms with Crippen LogP contribution in [0.3, 0.4) is 0 Å². The Morgan fingerprint density at radius 1 is 1.32 bits per heavy atom. The molecule has 1 aliphatic rings. The Morgan fingerprint density at radius 3 is 2.58 bits per heavy atom. The monoisotopic (exact) mass is 325 g/mol. The van der Waals surface area contributed by atoms with Gasteiger partial charge in [0.05, 0.1) is 12.7 Å². The van der Waals surface area contributed by atoms with Gasteiger partial charge in [-0.3, -0.25) is 0 Å². The summed E-state index contributed by atoms with van der Waals surface area (Å²) >= 11 is 3.60. The van der Waals surface area contributed by atoms with Gasteiger partial charge < -0.3 is 10.5 Å². The van der Waals surface area contributed by atoms with Crippen LogP contribution >= 0.6 is 15.9 Å². The van der Waals surface area contributed by atoms with Crippen molar-refractivity contribution < 1.29 is 4.74 Å². The van der Waals surface area contributed by atoms with Gasteiger partial charge in [0.25, 0.3) is 0 Å².